The summed E-state index contributed by atoms with van der Waals surface area (Å²) in [5.74, 6) is -0.340. The van der Waals surface area contributed by atoms with Gasteiger partial charge in [-0.3, -0.25) is 4.79 Å². The van der Waals surface area contributed by atoms with Crippen molar-refractivity contribution < 1.29 is 9.18 Å². The summed E-state index contributed by atoms with van der Waals surface area (Å²) in [6.45, 7) is 3.84. The van der Waals surface area contributed by atoms with Crippen LogP contribution in [-0.4, -0.2) is 22.9 Å². The van der Waals surface area contributed by atoms with E-state index in [-0.39, 0.29) is 23.8 Å². The molecule has 0 radical (unpaired) electrons. The lowest BCUT2D eigenvalue weighted by Gasteiger charge is -2.37. The topological polar surface area (TPSA) is 46.3 Å². The van der Waals surface area contributed by atoms with Crippen molar-refractivity contribution in [1.82, 2.24) is 4.90 Å². The third kappa shape index (κ3) is 2.96. The van der Waals surface area contributed by atoms with Crippen LogP contribution in [0.3, 0.4) is 0 Å². The quantitative estimate of drug-likeness (QED) is 0.911. The number of halogens is 2. The second kappa shape index (κ2) is 6.10. The van der Waals surface area contributed by atoms with Gasteiger partial charge in [0.25, 0.3) is 0 Å². The van der Waals surface area contributed by atoms with Crippen molar-refractivity contribution in [2.45, 2.75) is 51.2 Å². The Morgan fingerprint density at radius 3 is 2.80 bits per heavy atom. The zero-order valence-corrected chi connectivity index (χ0v) is 12.5. The molecule has 1 aliphatic heterocycles. The molecule has 1 amide bonds. The highest BCUT2D eigenvalue weighted by molar-refractivity contribution is 6.30. The average Bonchev–Trinajstić information content (AvgIpc) is 2.51. The fraction of sp³-hybridized carbons (Fsp3) is 0.533. The smallest absolute Gasteiger partial charge is 0.223 e. The van der Waals surface area contributed by atoms with E-state index in [0.29, 0.717) is 23.4 Å². The number of hydrogen-bond donors (Lipinski definition) is 1. The molecule has 0 spiro atoms. The molecule has 20 heavy (non-hydrogen) atoms. The lowest BCUT2D eigenvalue weighted by Crippen LogP contribution is -2.46. The standard InChI is InChI=1S/C15H20ClFN2O/c1-9(2)19-14(20)5-3-4-13(18)15(19)11-8-10(16)6-7-12(11)17/h6-9,13,15H,3-5,18H2,1-2H3. The number of hydrogen-bond acceptors (Lipinski definition) is 2. The van der Waals surface area contributed by atoms with Gasteiger partial charge >= 0.3 is 0 Å². The van der Waals surface area contributed by atoms with E-state index >= 15 is 0 Å². The first kappa shape index (κ1) is 15.3. The highest BCUT2D eigenvalue weighted by Gasteiger charge is 2.35. The van der Waals surface area contributed by atoms with E-state index in [1.807, 2.05) is 13.8 Å². The molecule has 0 saturated carbocycles. The minimum atomic E-state index is -0.455. The van der Waals surface area contributed by atoms with E-state index in [1.54, 1.807) is 11.0 Å². The number of benzene rings is 1. The lowest BCUT2D eigenvalue weighted by molar-refractivity contribution is -0.135. The maximum atomic E-state index is 14.2. The van der Waals surface area contributed by atoms with Crippen molar-refractivity contribution in [3.05, 3.63) is 34.6 Å². The van der Waals surface area contributed by atoms with Crippen LogP contribution >= 0.6 is 11.6 Å². The third-order valence-electron chi connectivity index (χ3n) is 3.75. The Morgan fingerprint density at radius 1 is 1.45 bits per heavy atom. The van der Waals surface area contributed by atoms with Crippen LogP contribution in [0.15, 0.2) is 18.2 Å². The normalized spacial score (nSPS) is 24.1. The van der Waals surface area contributed by atoms with Crippen molar-refractivity contribution in [2.75, 3.05) is 0 Å². The van der Waals surface area contributed by atoms with Crippen LogP contribution in [0.4, 0.5) is 4.39 Å². The largest absolute Gasteiger partial charge is 0.332 e. The molecule has 1 saturated heterocycles. The van der Waals surface area contributed by atoms with Gasteiger partial charge < -0.3 is 10.6 Å². The first-order valence-electron chi connectivity index (χ1n) is 6.93. The molecule has 0 aromatic heterocycles. The third-order valence-corrected chi connectivity index (χ3v) is 3.99. The van der Waals surface area contributed by atoms with Gasteiger partial charge in [-0.05, 0) is 44.9 Å². The Bertz CT molecular complexity index is 507. The predicted molar refractivity (Wildman–Crippen MR) is 78.0 cm³/mol. The van der Waals surface area contributed by atoms with E-state index in [9.17, 15) is 9.18 Å². The number of likely N-dealkylation sites (tertiary alicyclic amines) is 1. The van der Waals surface area contributed by atoms with Crippen LogP contribution in [0.2, 0.25) is 5.02 Å². The number of nitrogens with two attached hydrogens (primary N) is 1. The molecule has 1 heterocycles. The van der Waals surface area contributed by atoms with Crippen LogP contribution in [0, 0.1) is 5.82 Å². The molecule has 5 heteroatoms. The molecule has 110 valence electrons. The molecule has 2 N–H and O–H groups in total. The van der Waals surface area contributed by atoms with Crippen molar-refractivity contribution >= 4 is 17.5 Å². The summed E-state index contributed by atoms with van der Waals surface area (Å²) in [6.07, 6.45) is 1.90. The molecule has 1 aromatic carbocycles. The SMILES string of the molecule is CC(C)N1C(=O)CCCC(N)C1c1cc(Cl)ccc1F. The van der Waals surface area contributed by atoms with Gasteiger partial charge in [-0.2, -0.15) is 0 Å². The van der Waals surface area contributed by atoms with Crippen LogP contribution in [0.25, 0.3) is 0 Å². The molecule has 2 unspecified atom stereocenters. The summed E-state index contributed by atoms with van der Waals surface area (Å²) in [5, 5.41) is 0.453. The Morgan fingerprint density at radius 2 is 2.15 bits per heavy atom. The molecule has 0 bridgehead atoms. The van der Waals surface area contributed by atoms with E-state index in [0.717, 1.165) is 6.42 Å². The Kier molecular flexibility index (Phi) is 4.66. The molecular formula is C15H20ClFN2O. The molecule has 0 aliphatic carbocycles. The Balaban J connectivity index is 2.51. The summed E-state index contributed by atoms with van der Waals surface area (Å²) in [4.78, 5) is 14.0. The highest BCUT2D eigenvalue weighted by Crippen LogP contribution is 2.34. The summed E-state index contributed by atoms with van der Waals surface area (Å²) in [7, 11) is 0. The van der Waals surface area contributed by atoms with Gasteiger partial charge in [0.2, 0.25) is 5.91 Å². The maximum absolute atomic E-state index is 14.2. The van der Waals surface area contributed by atoms with E-state index in [4.69, 9.17) is 17.3 Å². The molecule has 1 aromatic rings. The molecule has 1 aliphatic rings. The van der Waals surface area contributed by atoms with Crippen molar-refractivity contribution in [3.8, 4) is 0 Å². The molecule has 2 rings (SSSR count). The van der Waals surface area contributed by atoms with Gasteiger partial charge in [0.1, 0.15) is 5.82 Å². The van der Waals surface area contributed by atoms with E-state index in [1.165, 1.54) is 12.1 Å². The van der Waals surface area contributed by atoms with E-state index in [2.05, 4.69) is 0 Å². The number of nitrogens with zero attached hydrogens (tertiary/aromatic N) is 1. The van der Waals surface area contributed by atoms with Crippen LogP contribution < -0.4 is 5.73 Å². The minimum absolute atomic E-state index is 0.0253. The second-order valence-electron chi connectivity index (χ2n) is 5.56. The lowest BCUT2D eigenvalue weighted by atomic mass is 9.95. The second-order valence-corrected chi connectivity index (χ2v) is 6.00. The van der Waals surface area contributed by atoms with Gasteiger partial charge in [0.05, 0.1) is 6.04 Å². The van der Waals surface area contributed by atoms with Crippen molar-refractivity contribution in [3.63, 3.8) is 0 Å². The predicted octanol–water partition coefficient (Wildman–Crippen LogP) is 3.27. The van der Waals surface area contributed by atoms with Gasteiger partial charge in [0, 0.05) is 29.1 Å². The monoisotopic (exact) mass is 298 g/mol. The maximum Gasteiger partial charge on any atom is 0.223 e. The summed E-state index contributed by atoms with van der Waals surface area (Å²) in [5.41, 5.74) is 6.63. The number of carbonyl (C=O) groups excluding carboxylic acids is 1. The summed E-state index contributed by atoms with van der Waals surface area (Å²) in [6, 6.07) is 3.65. The highest BCUT2D eigenvalue weighted by atomic mass is 35.5. The zero-order chi connectivity index (χ0) is 14.9. The van der Waals surface area contributed by atoms with Crippen molar-refractivity contribution in [1.29, 1.82) is 0 Å². The zero-order valence-electron chi connectivity index (χ0n) is 11.8. The molecule has 3 nitrogen and oxygen atoms in total. The number of amides is 1. The minimum Gasteiger partial charge on any atom is -0.332 e. The van der Waals surface area contributed by atoms with Crippen LogP contribution in [0.5, 0.6) is 0 Å². The Hall–Kier alpha value is -1.13. The molecular weight excluding hydrogens is 279 g/mol. The molecule has 1 fully saturated rings. The summed E-state index contributed by atoms with van der Waals surface area (Å²) >= 11 is 5.98. The van der Waals surface area contributed by atoms with Gasteiger partial charge in [0.15, 0.2) is 0 Å². The fourth-order valence-corrected chi connectivity index (χ4v) is 3.05. The first-order valence-corrected chi connectivity index (χ1v) is 7.31. The Labute approximate surface area is 123 Å². The van der Waals surface area contributed by atoms with Crippen LogP contribution in [0.1, 0.15) is 44.7 Å². The average molecular weight is 299 g/mol. The van der Waals surface area contributed by atoms with Gasteiger partial charge in [-0.15, -0.1) is 0 Å². The van der Waals surface area contributed by atoms with Gasteiger partial charge in [-0.1, -0.05) is 11.6 Å². The molecule has 2 atom stereocenters. The first-order chi connectivity index (χ1) is 9.41. The number of carbonyl (C=O) groups is 1. The number of rotatable bonds is 2. The van der Waals surface area contributed by atoms with Gasteiger partial charge in [-0.25, -0.2) is 4.39 Å². The fourth-order valence-electron chi connectivity index (χ4n) is 2.87. The summed E-state index contributed by atoms with van der Waals surface area (Å²) < 4.78 is 14.2. The van der Waals surface area contributed by atoms with Crippen molar-refractivity contribution in [2.24, 2.45) is 5.73 Å². The van der Waals surface area contributed by atoms with E-state index < -0.39 is 6.04 Å². The van der Waals surface area contributed by atoms with Crippen LogP contribution in [-0.2, 0) is 4.79 Å².